The molecule has 0 saturated carbocycles. The molecule has 1 heterocycles. The third-order valence-electron chi connectivity index (χ3n) is 2.04. The average molecular weight is 267 g/mol. The predicted molar refractivity (Wildman–Crippen MR) is 61.8 cm³/mol. The minimum absolute atomic E-state index is 0.0904. The lowest BCUT2D eigenvalue weighted by Gasteiger charge is -2.00. The summed E-state index contributed by atoms with van der Waals surface area (Å²) < 4.78 is 4.31. The Balaban J connectivity index is 2.59. The molecule has 0 radical (unpaired) electrons. The lowest BCUT2D eigenvalue weighted by atomic mass is 10.1. The maximum Gasteiger partial charge on any atom is 0.0924 e. The predicted octanol–water partition coefficient (Wildman–Crippen LogP) is 3.30. The summed E-state index contributed by atoms with van der Waals surface area (Å²) in [6.45, 7) is 0. The Kier molecular flexibility index (Phi) is 2.80. The second-order valence-corrected chi connectivity index (χ2v) is 4.35. The first-order chi connectivity index (χ1) is 6.86. The van der Waals surface area contributed by atoms with Crippen molar-refractivity contribution in [3.8, 4) is 6.07 Å². The van der Waals surface area contributed by atoms with Gasteiger partial charge in [0.1, 0.15) is 0 Å². The number of hydrogen-bond acceptors (Lipinski definition) is 3. The zero-order chi connectivity index (χ0) is 9.97. The van der Waals surface area contributed by atoms with E-state index in [4.69, 9.17) is 5.26 Å². The van der Waals surface area contributed by atoms with E-state index < -0.39 is 0 Å². The molecule has 0 N–H and O–H groups in total. The molecule has 1 atom stereocenters. The average Bonchev–Trinajstić information content (AvgIpc) is 2.65. The monoisotopic (exact) mass is 266 g/mol. The van der Waals surface area contributed by atoms with Crippen molar-refractivity contribution in [1.82, 2.24) is 4.37 Å². The maximum atomic E-state index is 8.96. The lowest BCUT2D eigenvalue weighted by Crippen LogP contribution is -1.93. The highest BCUT2D eigenvalue weighted by atomic mass is 79.9. The Morgan fingerprint density at radius 1 is 1.50 bits per heavy atom. The molecule has 0 aliphatic rings. The van der Waals surface area contributed by atoms with Gasteiger partial charge in [-0.15, -0.1) is 0 Å². The van der Waals surface area contributed by atoms with Gasteiger partial charge in [-0.05, 0) is 17.6 Å². The molecule has 0 bridgehead atoms. The summed E-state index contributed by atoms with van der Waals surface area (Å²) in [5.41, 5.74) is 0.980. The molecule has 0 aliphatic heterocycles. The van der Waals surface area contributed by atoms with Gasteiger partial charge in [-0.25, -0.2) is 0 Å². The number of aromatic nitrogens is 1. The van der Waals surface area contributed by atoms with Crippen LogP contribution >= 0.6 is 27.5 Å². The third-order valence-corrected chi connectivity index (χ3v) is 3.68. The number of benzene rings is 1. The minimum atomic E-state index is -0.0904. The van der Waals surface area contributed by atoms with Gasteiger partial charge in [-0.2, -0.15) is 9.64 Å². The Labute approximate surface area is 94.5 Å². The number of rotatable bonds is 2. The fourth-order valence-corrected chi connectivity index (χ4v) is 2.90. The van der Waals surface area contributed by atoms with Crippen molar-refractivity contribution in [1.29, 1.82) is 5.26 Å². The van der Waals surface area contributed by atoms with Crippen molar-refractivity contribution >= 4 is 38.4 Å². The Hall–Kier alpha value is -0.920. The Morgan fingerprint density at radius 2 is 2.29 bits per heavy atom. The minimum Gasteiger partial charge on any atom is -0.198 e. The van der Waals surface area contributed by atoms with Crippen molar-refractivity contribution < 1.29 is 0 Å². The van der Waals surface area contributed by atoms with Crippen LogP contribution in [0.25, 0.3) is 10.9 Å². The molecular formula is C10H7BrN2S. The Bertz CT molecular complexity index is 486. The number of hydrogen-bond donors (Lipinski definition) is 0. The summed E-state index contributed by atoms with van der Waals surface area (Å²) in [5, 5.41) is 10.7. The van der Waals surface area contributed by atoms with Gasteiger partial charge in [-0.1, -0.05) is 34.1 Å². The summed E-state index contributed by atoms with van der Waals surface area (Å²) in [5.74, 6) is -0.0904. The van der Waals surface area contributed by atoms with Crippen LogP contribution < -0.4 is 0 Å². The molecule has 0 fully saturated rings. The summed E-state index contributed by atoms with van der Waals surface area (Å²) in [6.07, 6.45) is 0. The summed E-state index contributed by atoms with van der Waals surface area (Å²) in [4.78, 5) is 1.06. The van der Waals surface area contributed by atoms with Crippen LogP contribution in [0.3, 0.4) is 0 Å². The van der Waals surface area contributed by atoms with Gasteiger partial charge in [0.15, 0.2) is 0 Å². The fraction of sp³-hybridized carbons (Fsp3) is 0.200. The maximum absolute atomic E-state index is 8.96. The molecule has 14 heavy (non-hydrogen) atoms. The molecule has 0 spiro atoms. The van der Waals surface area contributed by atoms with E-state index in [2.05, 4.69) is 26.4 Å². The van der Waals surface area contributed by atoms with Gasteiger partial charge in [0.25, 0.3) is 0 Å². The van der Waals surface area contributed by atoms with Crippen LogP contribution in [0.15, 0.2) is 24.3 Å². The number of fused-ring (bicyclic) bond motifs is 1. The van der Waals surface area contributed by atoms with Crippen LogP contribution in [-0.4, -0.2) is 9.70 Å². The molecule has 70 valence electrons. The molecule has 2 aromatic rings. The van der Waals surface area contributed by atoms with E-state index in [-0.39, 0.29) is 5.92 Å². The zero-order valence-electron chi connectivity index (χ0n) is 7.27. The number of alkyl halides is 1. The van der Waals surface area contributed by atoms with E-state index in [1.807, 2.05) is 24.3 Å². The summed E-state index contributed by atoms with van der Waals surface area (Å²) in [6, 6.07) is 10.2. The molecule has 0 aliphatic carbocycles. The van der Waals surface area contributed by atoms with E-state index in [9.17, 15) is 0 Å². The van der Waals surface area contributed by atoms with Crippen LogP contribution in [0.4, 0.5) is 0 Å². The quantitative estimate of drug-likeness (QED) is 0.783. The number of halogens is 1. The van der Waals surface area contributed by atoms with E-state index in [0.29, 0.717) is 5.33 Å². The molecule has 1 aromatic carbocycles. The molecule has 0 amide bonds. The van der Waals surface area contributed by atoms with Crippen LogP contribution in [-0.2, 0) is 0 Å². The molecule has 0 saturated heterocycles. The molecule has 2 nitrogen and oxygen atoms in total. The number of nitriles is 1. The van der Waals surface area contributed by atoms with E-state index in [0.717, 1.165) is 15.8 Å². The molecule has 2 rings (SSSR count). The van der Waals surface area contributed by atoms with Crippen molar-refractivity contribution in [3.05, 3.63) is 29.1 Å². The zero-order valence-corrected chi connectivity index (χ0v) is 9.68. The van der Waals surface area contributed by atoms with Gasteiger partial charge in [0.2, 0.25) is 0 Å². The normalized spacial score (nSPS) is 12.6. The van der Waals surface area contributed by atoms with Crippen LogP contribution in [0.2, 0.25) is 0 Å². The molecule has 1 unspecified atom stereocenters. The van der Waals surface area contributed by atoms with Crippen LogP contribution in [0.1, 0.15) is 10.8 Å². The van der Waals surface area contributed by atoms with Crippen molar-refractivity contribution in [3.63, 3.8) is 0 Å². The smallest absolute Gasteiger partial charge is 0.0924 e. The van der Waals surface area contributed by atoms with E-state index >= 15 is 0 Å². The van der Waals surface area contributed by atoms with Crippen LogP contribution in [0.5, 0.6) is 0 Å². The molecule has 4 heteroatoms. The first kappa shape index (κ1) is 9.63. The van der Waals surface area contributed by atoms with Gasteiger partial charge in [-0.3, -0.25) is 0 Å². The first-order valence-electron chi connectivity index (χ1n) is 4.16. The van der Waals surface area contributed by atoms with Crippen molar-refractivity contribution in [2.45, 2.75) is 5.92 Å². The van der Waals surface area contributed by atoms with E-state index in [1.165, 1.54) is 11.5 Å². The van der Waals surface area contributed by atoms with Crippen molar-refractivity contribution in [2.75, 3.05) is 5.33 Å². The lowest BCUT2D eigenvalue weighted by molar-refractivity contribution is 1.05. The summed E-state index contributed by atoms with van der Waals surface area (Å²) >= 11 is 4.76. The van der Waals surface area contributed by atoms with Crippen molar-refractivity contribution in [2.24, 2.45) is 0 Å². The van der Waals surface area contributed by atoms with Gasteiger partial charge in [0.05, 0.1) is 22.4 Å². The highest BCUT2D eigenvalue weighted by Gasteiger charge is 2.15. The number of nitrogens with zero attached hydrogens (tertiary/aromatic N) is 2. The standard InChI is InChI=1S/C10H7BrN2S/c11-5-7(6-12)10-8-3-1-2-4-9(8)13-14-10/h1-4,7H,5H2. The highest BCUT2D eigenvalue weighted by Crippen LogP contribution is 2.29. The first-order valence-corrected chi connectivity index (χ1v) is 6.06. The Morgan fingerprint density at radius 3 is 3.00 bits per heavy atom. The summed E-state index contributed by atoms with van der Waals surface area (Å²) in [7, 11) is 0. The van der Waals surface area contributed by atoms with Gasteiger partial charge in [0, 0.05) is 10.7 Å². The molecule has 1 aromatic heterocycles. The van der Waals surface area contributed by atoms with Gasteiger partial charge < -0.3 is 0 Å². The molecular weight excluding hydrogens is 260 g/mol. The van der Waals surface area contributed by atoms with Gasteiger partial charge >= 0.3 is 0 Å². The van der Waals surface area contributed by atoms with Crippen LogP contribution in [0, 0.1) is 11.3 Å². The highest BCUT2D eigenvalue weighted by molar-refractivity contribution is 9.09. The largest absolute Gasteiger partial charge is 0.198 e. The topological polar surface area (TPSA) is 36.7 Å². The third kappa shape index (κ3) is 1.54. The second-order valence-electron chi connectivity index (χ2n) is 2.90. The second kappa shape index (κ2) is 4.07. The fourth-order valence-electron chi connectivity index (χ4n) is 1.32. The SMILES string of the molecule is N#CC(CBr)c1snc2ccccc12. The van der Waals surface area contributed by atoms with E-state index in [1.54, 1.807) is 0 Å².